The molecule has 1 aromatic rings. The van der Waals surface area contributed by atoms with Crippen LogP contribution in [0, 0.1) is 0 Å². The van der Waals surface area contributed by atoms with E-state index in [1.807, 2.05) is 17.8 Å². The van der Waals surface area contributed by atoms with Crippen molar-refractivity contribution in [1.82, 2.24) is 29.2 Å². The standard InChI is InChI=1S/2C10H20N2.C6H13Br.C4H6N2.2BF4.BrH.Li/c2*1-3-4-5-6-7-12-9-8-11(2)10-12;1-2-3-4-5-6-7;1-6-3-2-5-4-6;2*2-1(3,4)5;;/h2*8-9H,3-7,10H2,1-2H3;2-6H2,1H3;2-4H,1H3;;;1H;/q;;;;2*-1;;+1/p-1. The minimum absolute atomic E-state index is 0. The van der Waals surface area contributed by atoms with Crippen molar-refractivity contribution in [3.05, 3.63) is 43.5 Å². The predicted octanol–water partition coefficient (Wildman–Crippen LogP) is 4.48. The Morgan fingerprint density at radius 3 is 1.14 bits per heavy atom. The van der Waals surface area contributed by atoms with Crippen LogP contribution >= 0.6 is 15.9 Å². The van der Waals surface area contributed by atoms with Gasteiger partial charge in [0.05, 0.1) is 19.7 Å². The van der Waals surface area contributed by atoms with Gasteiger partial charge in [0.15, 0.2) is 0 Å². The molecule has 49 heavy (non-hydrogen) atoms. The fraction of sp³-hybridized carbons (Fsp3) is 0.767. The smallest absolute Gasteiger partial charge is 1.00 e. The molecule has 0 spiro atoms. The summed E-state index contributed by atoms with van der Waals surface area (Å²) < 4.78 is 79.9. The van der Waals surface area contributed by atoms with Crippen LogP contribution < -0.4 is 35.8 Å². The molecule has 6 nitrogen and oxygen atoms in total. The van der Waals surface area contributed by atoms with E-state index in [2.05, 4.69) is 100 Å². The molecule has 0 N–H and O–H groups in total. The quantitative estimate of drug-likeness (QED) is 0.120. The second kappa shape index (κ2) is 38.3. The number of imidazole rings is 1. The predicted molar refractivity (Wildman–Crippen MR) is 187 cm³/mol. The van der Waals surface area contributed by atoms with Gasteiger partial charge in [-0.05, 0) is 19.3 Å². The summed E-state index contributed by atoms with van der Waals surface area (Å²) in [4.78, 5) is 12.9. The zero-order valence-electron chi connectivity index (χ0n) is 30.7. The molecule has 3 heterocycles. The van der Waals surface area contributed by atoms with E-state index in [9.17, 15) is 34.5 Å². The first kappa shape index (κ1) is 57.4. The molecule has 0 radical (unpaired) electrons. The van der Waals surface area contributed by atoms with Crippen molar-refractivity contribution in [2.45, 2.75) is 97.8 Å². The molecule has 0 unspecified atom stereocenters. The van der Waals surface area contributed by atoms with Gasteiger partial charge in [-0.3, -0.25) is 0 Å². The molecule has 0 saturated carbocycles. The molecule has 1 aromatic heterocycles. The van der Waals surface area contributed by atoms with Crippen LogP contribution in [0.5, 0.6) is 0 Å². The second-order valence-corrected chi connectivity index (χ2v) is 11.9. The maximum atomic E-state index is 9.75. The molecule has 0 aliphatic carbocycles. The molecule has 288 valence electrons. The zero-order chi connectivity index (χ0) is 36.6. The van der Waals surface area contributed by atoms with Crippen molar-refractivity contribution in [2.75, 3.05) is 45.9 Å². The van der Waals surface area contributed by atoms with Gasteiger partial charge in [-0.2, -0.15) is 0 Å². The van der Waals surface area contributed by atoms with E-state index in [1.54, 1.807) is 12.5 Å². The summed E-state index contributed by atoms with van der Waals surface area (Å²) in [5, 5.41) is 1.17. The summed E-state index contributed by atoms with van der Waals surface area (Å²) in [5.41, 5.74) is 0. The first-order valence-corrected chi connectivity index (χ1v) is 17.6. The van der Waals surface area contributed by atoms with Gasteiger partial charge in [-0.1, -0.05) is 94.5 Å². The van der Waals surface area contributed by atoms with Gasteiger partial charge in [-0.25, -0.2) is 4.98 Å². The molecule has 0 atom stereocenters. The van der Waals surface area contributed by atoms with Crippen LogP contribution in [0.3, 0.4) is 0 Å². The Balaban J connectivity index is -0.000000163. The third-order valence-corrected chi connectivity index (χ3v) is 6.66. The van der Waals surface area contributed by atoms with Gasteiger partial charge in [0.2, 0.25) is 0 Å². The van der Waals surface area contributed by atoms with Crippen molar-refractivity contribution in [1.29, 1.82) is 0 Å². The molecule has 2 aliphatic heterocycles. The van der Waals surface area contributed by atoms with Crippen LogP contribution in [-0.4, -0.2) is 89.5 Å². The summed E-state index contributed by atoms with van der Waals surface area (Å²) in [6.45, 7) is 11.3. The molecular formula is C30H59B2Br2F8LiN6-2. The van der Waals surface area contributed by atoms with Crippen LogP contribution in [0.25, 0.3) is 0 Å². The Hall–Kier alpha value is -0.983. The number of nitrogens with zero attached hydrogens (tertiary/aromatic N) is 6. The van der Waals surface area contributed by atoms with Crippen molar-refractivity contribution in [3.8, 4) is 0 Å². The Morgan fingerprint density at radius 1 is 0.592 bits per heavy atom. The monoisotopic (exact) mass is 842 g/mol. The van der Waals surface area contributed by atoms with Crippen LogP contribution in [0.4, 0.5) is 34.5 Å². The fourth-order valence-electron chi connectivity index (χ4n) is 3.80. The maximum Gasteiger partial charge on any atom is 1.00 e. The van der Waals surface area contributed by atoms with Crippen molar-refractivity contribution >= 4 is 30.4 Å². The SMILES string of the molecule is CCCCCCBr.CCCCCCN1C=CN(C)C1.CCCCCCN1C=CN(C)C1.Cn1ccnc1.F[B-](F)(F)F.F[B-](F)(F)F.[Br-].[Li+]. The number of rotatable bonds is 14. The minimum atomic E-state index is -6.00. The number of alkyl halides is 1. The van der Waals surface area contributed by atoms with Crippen molar-refractivity contribution in [2.24, 2.45) is 7.05 Å². The van der Waals surface area contributed by atoms with E-state index in [0.717, 1.165) is 13.3 Å². The van der Waals surface area contributed by atoms with E-state index < -0.39 is 14.5 Å². The van der Waals surface area contributed by atoms with E-state index in [-0.39, 0.29) is 35.8 Å². The van der Waals surface area contributed by atoms with E-state index in [4.69, 9.17) is 0 Å². The zero-order valence-corrected chi connectivity index (χ0v) is 33.9. The van der Waals surface area contributed by atoms with E-state index in [1.165, 1.54) is 95.5 Å². The Kier molecular flexibility index (Phi) is 44.8. The first-order valence-electron chi connectivity index (χ1n) is 16.4. The molecular weight excluding hydrogens is 785 g/mol. The van der Waals surface area contributed by atoms with E-state index >= 15 is 0 Å². The minimum Gasteiger partial charge on any atom is -1.00 e. The molecule has 0 amide bonds. The average molecular weight is 844 g/mol. The molecule has 0 saturated heterocycles. The van der Waals surface area contributed by atoms with Crippen LogP contribution in [0.15, 0.2) is 43.5 Å². The molecule has 0 fully saturated rings. The third kappa shape index (κ3) is 59.5. The van der Waals surface area contributed by atoms with Gasteiger partial charge in [0.25, 0.3) is 0 Å². The first-order chi connectivity index (χ1) is 22.0. The van der Waals surface area contributed by atoms with Gasteiger partial charge >= 0.3 is 33.4 Å². The summed E-state index contributed by atoms with van der Waals surface area (Å²) in [7, 11) is -5.84. The summed E-state index contributed by atoms with van der Waals surface area (Å²) in [6, 6.07) is 0. The maximum absolute atomic E-state index is 9.75. The Morgan fingerprint density at radius 2 is 0.939 bits per heavy atom. The molecule has 0 bridgehead atoms. The third-order valence-electron chi connectivity index (χ3n) is 6.09. The van der Waals surface area contributed by atoms with Gasteiger partial charge in [-0.15, -0.1) is 0 Å². The Bertz CT molecular complexity index is 784. The number of aryl methyl sites for hydroxylation is 1. The number of aromatic nitrogens is 2. The molecule has 3 rings (SSSR count). The largest absolute Gasteiger partial charge is 1.00 e. The number of halogens is 10. The Labute approximate surface area is 322 Å². The molecule has 2 aliphatic rings. The number of hydrogen-bond acceptors (Lipinski definition) is 5. The van der Waals surface area contributed by atoms with Gasteiger partial charge < -0.3 is 75.7 Å². The number of unbranched alkanes of at least 4 members (excludes halogenated alkanes) is 9. The van der Waals surface area contributed by atoms with Crippen LogP contribution in [0.2, 0.25) is 0 Å². The van der Waals surface area contributed by atoms with Crippen molar-refractivity contribution in [3.63, 3.8) is 0 Å². The topological polar surface area (TPSA) is 30.8 Å². The molecule has 19 heteroatoms. The van der Waals surface area contributed by atoms with Crippen LogP contribution in [0.1, 0.15) is 97.8 Å². The molecule has 0 aromatic carbocycles. The normalized spacial score (nSPS) is 12.8. The van der Waals surface area contributed by atoms with Gasteiger partial charge in [0.1, 0.15) is 0 Å². The van der Waals surface area contributed by atoms with E-state index in [0.29, 0.717) is 0 Å². The summed E-state index contributed by atoms with van der Waals surface area (Å²) in [6.07, 6.45) is 30.4. The summed E-state index contributed by atoms with van der Waals surface area (Å²) in [5.74, 6) is 0. The summed E-state index contributed by atoms with van der Waals surface area (Å²) >= 11 is 3.38. The number of hydrogen-bond donors (Lipinski definition) is 0. The van der Waals surface area contributed by atoms with Gasteiger partial charge in [0, 0.05) is 76.8 Å². The van der Waals surface area contributed by atoms with Crippen molar-refractivity contribution < 1.29 is 70.4 Å². The second-order valence-electron chi connectivity index (χ2n) is 11.1. The average Bonchev–Trinajstić information content (AvgIpc) is 3.72. The van der Waals surface area contributed by atoms with Crippen LogP contribution in [-0.2, 0) is 7.05 Å². The fourth-order valence-corrected chi connectivity index (χ4v) is 4.20.